The molecular formula is C8H7NO3S. The summed E-state index contributed by atoms with van der Waals surface area (Å²) in [6, 6.07) is 3.03. The van der Waals surface area contributed by atoms with Crippen molar-refractivity contribution >= 4 is 15.7 Å². The zero-order valence-corrected chi connectivity index (χ0v) is 7.68. The lowest BCUT2D eigenvalue weighted by atomic mass is 10.1. The van der Waals surface area contributed by atoms with E-state index >= 15 is 0 Å². The highest BCUT2D eigenvalue weighted by molar-refractivity contribution is 7.97. The Morgan fingerprint density at radius 2 is 1.92 bits per heavy atom. The smallest absolute Gasteiger partial charge is 0.250 e. The third kappa shape index (κ3) is 0.904. The average molecular weight is 197 g/mol. The molecule has 68 valence electrons. The first-order valence-electron chi connectivity index (χ1n) is 3.65. The van der Waals surface area contributed by atoms with E-state index in [4.69, 9.17) is 5.73 Å². The number of benzene rings is 1. The maximum absolute atomic E-state index is 11.3. The topological polar surface area (TPSA) is 77.2 Å². The quantitative estimate of drug-likeness (QED) is 0.665. The van der Waals surface area contributed by atoms with E-state index in [9.17, 15) is 13.2 Å². The lowest BCUT2D eigenvalue weighted by Gasteiger charge is -1.90. The second kappa shape index (κ2) is 2.11. The van der Waals surface area contributed by atoms with Crippen molar-refractivity contribution in [2.75, 3.05) is 0 Å². The van der Waals surface area contributed by atoms with Gasteiger partial charge in [-0.2, -0.15) is 0 Å². The summed E-state index contributed by atoms with van der Waals surface area (Å²) in [6.07, 6.45) is 0. The van der Waals surface area contributed by atoms with E-state index in [-0.39, 0.29) is 15.4 Å². The van der Waals surface area contributed by atoms with Gasteiger partial charge in [0.2, 0.25) is 15.7 Å². The number of carbonyl (C=O) groups excluding carboxylic acids is 1. The van der Waals surface area contributed by atoms with Gasteiger partial charge < -0.3 is 5.73 Å². The molecule has 0 atom stereocenters. The zero-order valence-electron chi connectivity index (χ0n) is 6.87. The summed E-state index contributed by atoms with van der Waals surface area (Å²) in [5.41, 5.74) is 5.78. The molecule has 1 amide bonds. The molecule has 0 aliphatic carbocycles. The second-order valence-corrected chi connectivity index (χ2v) is 4.78. The van der Waals surface area contributed by atoms with E-state index in [2.05, 4.69) is 0 Å². The van der Waals surface area contributed by atoms with Gasteiger partial charge in [0.15, 0.2) is 0 Å². The molecule has 1 aliphatic heterocycles. The summed E-state index contributed by atoms with van der Waals surface area (Å²) in [5.74, 6) is -0.697. The van der Waals surface area contributed by atoms with Gasteiger partial charge in [-0.25, -0.2) is 8.42 Å². The molecule has 0 aromatic heterocycles. The lowest BCUT2D eigenvalue weighted by molar-refractivity contribution is 0.0997. The zero-order chi connectivity index (χ0) is 9.80. The van der Waals surface area contributed by atoms with Crippen molar-refractivity contribution in [1.82, 2.24) is 0 Å². The number of nitrogens with two attached hydrogens (primary N) is 1. The maximum atomic E-state index is 11.3. The van der Waals surface area contributed by atoms with Gasteiger partial charge in [0, 0.05) is 0 Å². The van der Waals surface area contributed by atoms with Crippen LogP contribution in [-0.4, -0.2) is 14.3 Å². The average Bonchev–Trinajstić information content (AvgIpc) is 2.56. The summed E-state index contributed by atoms with van der Waals surface area (Å²) in [6.45, 7) is 1.69. The monoisotopic (exact) mass is 197 g/mol. The molecule has 13 heavy (non-hydrogen) atoms. The first-order valence-corrected chi connectivity index (χ1v) is 5.13. The second-order valence-electron chi connectivity index (χ2n) is 2.96. The molecule has 0 saturated heterocycles. The largest absolute Gasteiger partial charge is 0.366 e. The van der Waals surface area contributed by atoms with Gasteiger partial charge in [-0.15, -0.1) is 0 Å². The number of fused-ring (bicyclic) bond motifs is 1. The van der Waals surface area contributed by atoms with Crippen molar-refractivity contribution in [2.45, 2.75) is 16.7 Å². The van der Waals surface area contributed by atoms with Gasteiger partial charge in [0.25, 0.3) is 0 Å². The van der Waals surface area contributed by atoms with E-state index in [1.54, 1.807) is 13.0 Å². The fourth-order valence-corrected chi connectivity index (χ4v) is 3.22. The van der Waals surface area contributed by atoms with Crippen molar-refractivity contribution < 1.29 is 13.2 Å². The van der Waals surface area contributed by atoms with Crippen molar-refractivity contribution in [3.8, 4) is 0 Å². The minimum absolute atomic E-state index is 0.0978. The summed E-state index contributed by atoms with van der Waals surface area (Å²) in [5, 5.41) is 0. The molecule has 5 heteroatoms. The summed E-state index contributed by atoms with van der Waals surface area (Å²) in [4.78, 5) is 11.2. The number of sulfone groups is 1. The van der Waals surface area contributed by atoms with Crippen LogP contribution < -0.4 is 5.73 Å². The highest BCUT2D eigenvalue weighted by Gasteiger charge is 2.44. The molecule has 0 saturated carbocycles. The minimum atomic E-state index is -3.28. The van der Waals surface area contributed by atoms with Crippen LogP contribution in [0.2, 0.25) is 0 Å². The Kier molecular flexibility index (Phi) is 1.34. The Labute approximate surface area is 75.3 Å². The van der Waals surface area contributed by atoms with Crippen LogP contribution in [0.25, 0.3) is 0 Å². The Balaban J connectivity index is 2.79. The number of rotatable bonds is 1. The SMILES string of the molecule is Cc1ccc(C(N)=O)c2c1S2(=O)=O. The lowest BCUT2D eigenvalue weighted by Crippen LogP contribution is -2.10. The van der Waals surface area contributed by atoms with E-state index in [0.29, 0.717) is 5.56 Å². The van der Waals surface area contributed by atoms with Crippen molar-refractivity contribution in [3.05, 3.63) is 23.3 Å². The fraction of sp³-hybridized carbons (Fsp3) is 0.125. The van der Waals surface area contributed by atoms with E-state index in [1.165, 1.54) is 6.07 Å². The Morgan fingerprint density at radius 3 is 2.46 bits per heavy atom. The van der Waals surface area contributed by atoms with Crippen LogP contribution in [0, 0.1) is 6.92 Å². The van der Waals surface area contributed by atoms with E-state index in [0.717, 1.165) is 0 Å². The van der Waals surface area contributed by atoms with Gasteiger partial charge >= 0.3 is 0 Å². The normalized spacial score (nSPS) is 16.4. The van der Waals surface area contributed by atoms with Gasteiger partial charge in [-0.1, -0.05) is 6.07 Å². The first-order chi connectivity index (χ1) is 5.96. The number of hydrogen-bond acceptors (Lipinski definition) is 3. The molecule has 1 aromatic rings. The summed E-state index contributed by atoms with van der Waals surface area (Å²) < 4.78 is 22.5. The molecular weight excluding hydrogens is 190 g/mol. The summed E-state index contributed by atoms with van der Waals surface area (Å²) >= 11 is 0. The van der Waals surface area contributed by atoms with Crippen molar-refractivity contribution in [1.29, 1.82) is 0 Å². The number of amides is 1. The van der Waals surface area contributed by atoms with Crippen LogP contribution in [0.1, 0.15) is 15.9 Å². The Bertz CT molecular complexity index is 516. The van der Waals surface area contributed by atoms with Crippen LogP contribution in [0.4, 0.5) is 0 Å². The van der Waals surface area contributed by atoms with Crippen LogP contribution in [0.3, 0.4) is 0 Å². The first kappa shape index (κ1) is 8.25. The van der Waals surface area contributed by atoms with E-state index < -0.39 is 15.7 Å². The van der Waals surface area contributed by atoms with E-state index in [1.807, 2.05) is 0 Å². The Hall–Kier alpha value is -1.36. The molecule has 0 spiro atoms. The molecule has 1 aliphatic rings. The van der Waals surface area contributed by atoms with Gasteiger partial charge in [-0.3, -0.25) is 4.79 Å². The summed E-state index contributed by atoms with van der Waals surface area (Å²) in [7, 11) is -3.28. The van der Waals surface area contributed by atoms with Gasteiger partial charge in [0.05, 0.1) is 10.5 Å². The molecule has 0 unspecified atom stereocenters. The molecule has 2 rings (SSSR count). The maximum Gasteiger partial charge on any atom is 0.250 e. The van der Waals surface area contributed by atoms with Gasteiger partial charge in [0.1, 0.15) is 4.90 Å². The molecule has 0 fully saturated rings. The molecule has 4 nitrogen and oxygen atoms in total. The molecule has 2 N–H and O–H groups in total. The fourth-order valence-electron chi connectivity index (χ4n) is 1.41. The molecule has 1 heterocycles. The van der Waals surface area contributed by atoms with Gasteiger partial charge in [-0.05, 0) is 18.6 Å². The van der Waals surface area contributed by atoms with Crippen LogP contribution in [0.15, 0.2) is 21.9 Å². The minimum Gasteiger partial charge on any atom is -0.366 e. The predicted molar refractivity (Wildman–Crippen MR) is 45.1 cm³/mol. The Morgan fingerprint density at radius 1 is 1.31 bits per heavy atom. The van der Waals surface area contributed by atoms with Crippen LogP contribution in [0.5, 0.6) is 0 Å². The van der Waals surface area contributed by atoms with Crippen LogP contribution >= 0.6 is 0 Å². The predicted octanol–water partition coefficient (Wildman–Crippen LogP) is 0.240. The molecule has 0 radical (unpaired) electrons. The highest BCUT2D eigenvalue weighted by Crippen LogP contribution is 2.44. The number of aryl methyl sites for hydroxylation is 1. The van der Waals surface area contributed by atoms with Crippen molar-refractivity contribution in [2.24, 2.45) is 5.73 Å². The number of carbonyl (C=O) groups is 1. The standard InChI is InChI=1S/C8H7NO3S/c1-4-2-3-5(8(9)10)7-6(4)13(7,11)12/h2-3H,1H3,(H2,9,10). The third-order valence-corrected chi connectivity index (χ3v) is 3.89. The third-order valence-electron chi connectivity index (χ3n) is 2.07. The number of hydrogen-bond donors (Lipinski definition) is 1. The number of primary amides is 1. The molecule has 0 bridgehead atoms. The van der Waals surface area contributed by atoms with Crippen LogP contribution in [-0.2, 0) is 9.84 Å². The van der Waals surface area contributed by atoms with Crippen molar-refractivity contribution in [3.63, 3.8) is 0 Å². The molecule has 1 aromatic carbocycles. The highest BCUT2D eigenvalue weighted by atomic mass is 32.2.